The van der Waals surface area contributed by atoms with E-state index in [1.165, 1.54) is 0 Å². The van der Waals surface area contributed by atoms with Crippen molar-refractivity contribution in [3.8, 4) is 0 Å². The summed E-state index contributed by atoms with van der Waals surface area (Å²) in [6, 6.07) is 0. The summed E-state index contributed by atoms with van der Waals surface area (Å²) in [5, 5.41) is 19.5. The molecule has 1 aromatic rings. The summed E-state index contributed by atoms with van der Waals surface area (Å²) in [5.74, 6) is 0. The summed E-state index contributed by atoms with van der Waals surface area (Å²) >= 11 is 0. The molecule has 0 bridgehead atoms. The van der Waals surface area contributed by atoms with Gasteiger partial charge in [-0.2, -0.15) is 0 Å². The molecule has 23 heavy (non-hydrogen) atoms. The summed E-state index contributed by atoms with van der Waals surface area (Å²) < 4.78 is 7.67. The van der Waals surface area contributed by atoms with Crippen LogP contribution in [0.3, 0.4) is 0 Å². The molecule has 9 heteroatoms. The third-order valence-electron chi connectivity index (χ3n) is 3.90. The normalized spacial score (nSPS) is 19.6. The van der Waals surface area contributed by atoms with Gasteiger partial charge in [-0.25, -0.2) is 28.1 Å². The lowest BCUT2D eigenvalue weighted by atomic mass is 10.3. The Kier molecular flexibility index (Phi) is 5.55. The van der Waals surface area contributed by atoms with Crippen LogP contribution in [0.1, 0.15) is 26.7 Å². The van der Waals surface area contributed by atoms with Crippen molar-refractivity contribution in [1.82, 2.24) is 13.7 Å². The van der Waals surface area contributed by atoms with Crippen LogP contribution in [0.4, 0.5) is 0 Å². The molecule has 1 fully saturated rings. The minimum absolute atomic E-state index is 0.0579. The van der Waals surface area contributed by atoms with Crippen LogP contribution in [-0.2, 0) is 24.4 Å². The largest absolute Gasteiger partial charge is 0.391 e. The standard InChI is InChI=1S/C14H23N3O6/c1-3-9(18)5-15-12(20)16(6-10(19)4-2)14(22)17(13(15)21)7-11-8-23-11/h9-11,18-19H,3-8H2,1-2H3. The maximum absolute atomic E-state index is 12.4. The van der Waals surface area contributed by atoms with Crippen LogP contribution in [0.25, 0.3) is 0 Å². The second kappa shape index (κ2) is 7.24. The first-order valence-electron chi connectivity index (χ1n) is 7.81. The molecule has 130 valence electrons. The van der Waals surface area contributed by atoms with E-state index in [4.69, 9.17) is 4.74 Å². The quantitative estimate of drug-likeness (QED) is 0.538. The van der Waals surface area contributed by atoms with Crippen molar-refractivity contribution in [2.75, 3.05) is 6.61 Å². The average molecular weight is 329 g/mol. The van der Waals surface area contributed by atoms with Crippen molar-refractivity contribution in [2.45, 2.75) is 64.6 Å². The molecule has 9 nitrogen and oxygen atoms in total. The van der Waals surface area contributed by atoms with Gasteiger partial charge in [0.2, 0.25) is 0 Å². The van der Waals surface area contributed by atoms with E-state index in [9.17, 15) is 24.6 Å². The van der Waals surface area contributed by atoms with Gasteiger partial charge in [0.1, 0.15) is 0 Å². The highest BCUT2D eigenvalue weighted by Crippen LogP contribution is 2.09. The molecule has 1 aliphatic heterocycles. The number of hydrogen-bond donors (Lipinski definition) is 2. The Balaban J connectivity index is 2.55. The number of rotatable bonds is 8. The van der Waals surface area contributed by atoms with Crippen molar-refractivity contribution in [3.63, 3.8) is 0 Å². The minimum atomic E-state index is -0.868. The Bertz CT molecular complexity index is 664. The zero-order valence-corrected chi connectivity index (χ0v) is 13.3. The Morgan fingerprint density at radius 3 is 1.70 bits per heavy atom. The first kappa shape index (κ1) is 17.6. The van der Waals surface area contributed by atoms with Gasteiger partial charge in [0.25, 0.3) is 0 Å². The van der Waals surface area contributed by atoms with E-state index in [1.807, 2.05) is 0 Å². The Labute approximate surface area is 132 Å². The van der Waals surface area contributed by atoms with Crippen molar-refractivity contribution < 1.29 is 14.9 Å². The predicted molar refractivity (Wildman–Crippen MR) is 81.6 cm³/mol. The minimum Gasteiger partial charge on any atom is -0.391 e. The molecule has 0 aliphatic carbocycles. The smallest absolute Gasteiger partial charge is 0.336 e. The molecule has 0 saturated carbocycles. The molecule has 2 N–H and O–H groups in total. The Morgan fingerprint density at radius 1 is 0.957 bits per heavy atom. The fourth-order valence-electron chi connectivity index (χ4n) is 2.21. The van der Waals surface area contributed by atoms with Crippen LogP contribution in [-0.4, -0.2) is 48.8 Å². The van der Waals surface area contributed by atoms with Gasteiger partial charge in [0.05, 0.1) is 44.6 Å². The molecular weight excluding hydrogens is 306 g/mol. The van der Waals surface area contributed by atoms with Crippen molar-refractivity contribution in [3.05, 3.63) is 31.5 Å². The summed E-state index contributed by atoms with van der Waals surface area (Å²) in [7, 11) is 0. The third kappa shape index (κ3) is 3.98. The van der Waals surface area contributed by atoms with Crippen LogP contribution in [0.2, 0.25) is 0 Å². The van der Waals surface area contributed by atoms with E-state index in [2.05, 4.69) is 0 Å². The number of epoxide rings is 1. The Hall–Kier alpha value is -1.71. The highest BCUT2D eigenvalue weighted by molar-refractivity contribution is 4.83. The zero-order valence-electron chi connectivity index (χ0n) is 13.3. The maximum Gasteiger partial charge on any atom is 0.336 e. The summed E-state index contributed by atoms with van der Waals surface area (Å²) in [6.07, 6.45) is -1.21. The van der Waals surface area contributed by atoms with Crippen LogP contribution in [0.15, 0.2) is 14.4 Å². The van der Waals surface area contributed by atoms with Gasteiger partial charge in [-0.15, -0.1) is 0 Å². The molecule has 0 radical (unpaired) electrons. The third-order valence-corrected chi connectivity index (χ3v) is 3.90. The molecule has 1 saturated heterocycles. The number of aliphatic hydroxyl groups excluding tert-OH is 2. The van der Waals surface area contributed by atoms with Crippen LogP contribution in [0, 0.1) is 0 Å². The van der Waals surface area contributed by atoms with E-state index in [1.54, 1.807) is 13.8 Å². The molecule has 0 spiro atoms. The summed E-state index contributed by atoms with van der Waals surface area (Å²) in [5.41, 5.74) is -2.33. The molecule has 2 heterocycles. The van der Waals surface area contributed by atoms with E-state index in [0.717, 1.165) is 13.7 Å². The lowest BCUT2D eigenvalue weighted by molar-refractivity contribution is 0.133. The van der Waals surface area contributed by atoms with E-state index in [0.29, 0.717) is 19.4 Å². The number of aliphatic hydroxyl groups is 2. The fourth-order valence-corrected chi connectivity index (χ4v) is 2.21. The van der Waals surface area contributed by atoms with Gasteiger partial charge in [0.15, 0.2) is 0 Å². The van der Waals surface area contributed by atoms with Crippen molar-refractivity contribution in [1.29, 1.82) is 0 Å². The van der Waals surface area contributed by atoms with Crippen LogP contribution < -0.4 is 17.1 Å². The molecule has 1 aliphatic rings. The van der Waals surface area contributed by atoms with Crippen molar-refractivity contribution in [2.24, 2.45) is 0 Å². The lowest BCUT2D eigenvalue weighted by Gasteiger charge is -2.16. The first-order chi connectivity index (χ1) is 10.9. The van der Waals surface area contributed by atoms with E-state index in [-0.39, 0.29) is 25.7 Å². The van der Waals surface area contributed by atoms with Crippen LogP contribution in [0.5, 0.6) is 0 Å². The highest BCUT2D eigenvalue weighted by Gasteiger charge is 2.27. The van der Waals surface area contributed by atoms with E-state index >= 15 is 0 Å². The molecule has 3 unspecified atom stereocenters. The number of ether oxygens (including phenoxy) is 1. The second-order valence-corrected chi connectivity index (χ2v) is 5.76. The molecule has 2 rings (SSSR count). The topological polar surface area (TPSA) is 119 Å². The predicted octanol–water partition coefficient (Wildman–Crippen LogP) is -1.89. The number of aromatic nitrogens is 3. The number of hydrogen-bond acceptors (Lipinski definition) is 6. The fraction of sp³-hybridized carbons (Fsp3) is 0.786. The monoisotopic (exact) mass is 329 g/mol. The van der Waals surface area contributed by atoms with Gasteiger partial charge >= 0.3 is 17.1 Å². The van der Waals surface area contributed by atoms with Crippen molar-refractivity contribution >= 4 is 0 Å². The maximum atomic E-state index is 12.4. The average Bonchev–Trinajstić information content (AvgIpc) is 3.35. The molecule has 0 amide bonds. The molecular formula is C14H23N3O6. The van der Waals surface area contributed by atoms with Gasteiger partial charge in [0, 0.05) is 0 Å². The summed E-state index contributed by atoms with van der Waals surface area (Å²) in [4.78, 5) is 37.3. The first-order valence-corrected chi connectivity index (χ1v) is 7.81. The SMILES string of the molecule is CCC(O)Cn1c(=O)n(CC(O)CC)c(=O)n(CC2CO2)c1=O. The van der Waals surface area contributed by atoms with E-state index < -0.39 is 29.3 Å². The highest BCUT2D eigenvalue weighted by atomic mass is 16.6. The zero-order chi connectivity index (χ0) is 17.1. The van der Waals surface area contributed by atoms with Gasteiger partial charge in [-0.05, 0) is 12.8 Å². The van der Waals surface area contributed by atoms with Gasteiger partial charge in [-0.3, -0.25) is 0 Å². The number of nitrogens with zero attached hydrogens (tertiary/aromatic N) is 3. The lowest BCUT2D eigenvalue weighted by Crippen LogP contribution is -2.56. The molecule has 1 aromatic heterocycles. The van der Waals surface area contributed by atoms with Gasteiger partial charge < -0.3 is 14.9 Å². The van der Waals surface area contributed by atoms with Gasteiger partial charge in [-0.1, -0.05) is 13.8 Å². The molecule has 3 atom stereocenters. The second-order valence-electron chi connectivity index (χ2n) is 5.76. The molecule has 0 aromatic carbocycles. The van der Waals surface area contributed by atoms with Crippen LogP contribution >= 0.6 is 0 Å². The Morgan fingerprint density at radius 2 is 1.35 bits per heavy atom. The summed E-state index contributed by atoms with van der Waals surface area (Å²) in [6.45, 7) is 3.58.